The summed E-state index contributed by atoms with van der Waals surface area (Å²) in [4.78, 5) is -3.73. The molecule has 8 heavy (non-hydrogen) atoms. The molecule has 0 heterocycles. The Bertz CT molecular complexity index is 70.3. The quantitative estimate of drug-likeness (QED) is 0.645. The van der Waals surface area contributed by atoms with E-state index in [4.69, 9.17) is 0 Å². The van der Waals surface area contributed by atoms with Gasteiger partial charge in [-0.25, -0.2) is 4.39 Å². The molecule has 1 unspecified atom stereocenters. The van der Waals surface area contributed by atoms with Crippen LogP contribution in [0.5, 0.6) is 0 Å². The third-order valence-corrected chi connectivity index (χ3v) is 2.36. The molecule has 0 radical (unpaired) electrons. The van der Waals surface area contributed by atoms with Crippen LogP contribution >= 0.6 is 43.5 Å². The highest BCUT2D eigenvalue weighted by Gasteiger charge is 2.49. The summed E-state index contributed by atoms with van der Waals surface area (Å²) in [6.45, 7) is 0. The van der Waals surface area contributed by atoms with E-state index in [1.165, 1.54) is 0 Å². The Morgan fingerprint density at radius 2 is 1.25 bits per heavy atom. The first-order valence-electron chi connectivity index (χ1n) is 1.38. The average molecular weight is 276 g/mol. The molecule has 0 aromatic carbocycles. The number of alkyl halides is 6. The Morgan fingerprint density at radius 3 is 1.25 bits per heavy atom. The van der Waals surface area contributed by atoms with Crippen molar-refractivity contribution >= 4 is 43.5 Å². The van der Waals surface area contributed by atoms with E-state index in [1.807, 2.05) is 15.9 Å². The van der Waals surface area contributed by atoms with E-state index in [2.05, 4.69) is 11.6 Å². The van der Waals surface area contributed by atoms with Crippen LogP contribution in [0.4, 0.5) is 13.2 Å². The van der Waals surface area contributed by atoms with Gasteiger partial charge in [-0.05, 0) is 31.9 Å². The summed E-state index contributed by atoms with van der Waals surface area (Å²) < 4.78 is 31.8. The molecule has 0 nitrogen and oxygen atoms in total. The predicted molar refractivity (Wildman–Crippen MR) is 32.5 cm³/mol. The molecule has 0 spiro atoms. The van der Waals surface area contributed by atoms with Gasteiger partial charge in [0.15, 0.2) is 0 Å². The van der Waals surface area contributed by atoms with Crippen molar-refractivity contribution in [2.24, 2.45) is 0 Å². The van der Waals surface area contributed by atoms with Crippen LogP contribution in [0.2, 0.25) is 0 Å². The fourth-order valence-electron chi connectivity index (χ4n) is 0. The molecule has 50 valence electrons. The minimum absolute atomic E-state index is 1.71. The number of rotatable bonds is 1. The average Bonchev–Trinajstić information content (AvgIpc) is 1.25. The van der Waals surface area contributed by atoms with E-state index in [1.54, 1.807) is 15.9 Å². The maximum atomic E-state index is 11.8. The van der Waals surface area contributed by atoms with Crippen molar-refractivity contribution in [2.75, 3.05) is 0 Å². The van der Waals surface area contributed by atoms with Crippen LogP contribution in [0.3, 0.4) is 0 Å². The van der Waals surface area contributed by atoms with Gasteiger partial charge >= 0.3 is 8.87 Å². The molecule has 0 N–H and O–H groups in total. The zero-order valence-electron chi connectivity index (χ0n) is 3.27. The molecular formula is C2Br2ClF3. The summed E-state index contributed by atoms with van der Waals surface area (Å²) in [5.74, 6) is 0. The second kappa shape index (κ2) is 2.34. The molecule has 0 saturated heterocycles. The van der Waals surface area contributed by atoms with Gasteiger partial charge in [0.1, 0.15) is 0 Å². The standard InChI is InChI=1S/C2Br2ClF3/c3-1(5,6)2(4,7)8. The van der Waals surface area contributed by atoms with E-state index < -0.39 is 8.87 Å². The van der Waals surface area contributed by atoms with E-state index >= 15 is 0 Å². The Morgan fingerprint density at radius 1 is 1.12 bits per heavy atom. The first kappa shape index (κ1) is 9.04. The summed E-state index contributed by atoms with van der Waals surface area (Å²) in [5.41, 5.74) is 0. The molecule has 0 bridgehead atoms. The minimum Gasteiger partial charge on any atom is -0.205 e. The van der Waals surface area contributed by atoms with Gasteiger partial charge in [0.05, 0.1) is 0 Å². The highest BCUT2D eigenvalue weighted by molar-refractivity contribution is 9.13. The van der Waals surface area contributed by atoms with E-state index in [0.717, 1.165) is 0 Å². The lowest BCUT2D eigenvalue weighted by atomic mass is 10.8. The van der Waals surface area contributed by atoms with Crippen LogP contribution in [0, 0.1) is 0 Å². The highest BCUT2D eigenvalue weighted by Crippen LogP contribution is 2.45. The van der Waals surface area contributed by atoms with Crippen molar-refractivity contribution in [2.45, 2.75) is 8.87 Å². The second-order valence-corrected chi connectivity index (χ2v) is 4.06. The van der Waals surface area contributed by atoms with Crippen LogP contribution in [0.1, 0.15) is 0 Å². The molecule has 0 aromatic rings. The Hall–Kier alpha value is 1.04. The van der Waals surface area contributed by atoms with Gasteiger partial charge in [-0.3, -0.25) is 0 Å². The Kier molecular flexibility index (Phi) is 2.65. The van der Waals surface area contributed by atoms with E-state index in [9.17, 15) is 13.2 Å². The summed E-state index contributed by atoms with van der Waals surface area (Å²) in [5, 5.41) is 0. The van der Waals surface area contributed by atoms with Gasteiger partial charge in [-0.2, -0.15) is 8.78 Å². The maximum Gasteiger partial charge on any atom is 0.358 e. The van der Waals surface area contributed by atoms with Crippen molar-refractivity contribution in [1.29, 1.82) is 0 Å². The smallest absolute Gasteiger partial charge is 0.205 e. The summed E-state index contributed by atoms with van der Waals surface area (Å²) >= 11 is 8.08. The topological polar surface area (TPSA) is 0 Å². The number of hydrogen-bond acceptors (Lipinski definition) is 0. The van der Waals surface area contributed by atoms with Crippen LogP contribution in [-0.4, -0.2) is 8.87 Å². The van der Waals surface area contributed by atoms with Gasteiger partial charge in [0.2, 0.25) is 0 Å². The Balaban J connectivity index is 4.02. The fourth-order valence-corrected chi connectivity index (χ4v) is 0. The predicted octanol–water partition coefficient (Wildman–Crippen LogP) is 3.23. The normalized spacial score (nSPS) is 20.2. The van der Waals surface area contributed by atoms with Gasteiger partial charge < -0.3 is 0 Å². The molecule has 0 amide bonds. The Labute approximate surface area is 65.6 Å². The van der Waals surface area contributed by atoms with Gasteiger partial charge in [0, 0.05) is 0 Å². The third kappa shape index (κ3) is 2.55. The summed E-state index contributed by atoms with van der Waals surface area (Å²) in [6.07, 6.45) is 0. The van der Waals surface area contributed by atoms with Gasteiger partial charge in [0.25, 0.3) is 0 Å². The minimum atomic E-state index is -3.73. The van der Waals surface area contributed by atoms with Crippen molar-refractivity contribution in [1.82, 2.24) is 0 Å². The van der Waals surface area contributed by atoms with Gasteiger partial charge in [-0.15, -0.1) is 0 Å². The van der Waals surface area contributed by atoms with Gasteiger partial charge in [-0.1, -0.05) is 11.6 Å². The number of halogens is 6. The molecule has 1 atom stereocenters. The highest BCUT2D eigenvalue weighted by atomic mass is 79.9. The SMILES string of the molecule is FC(F)(Br)C(F)(Cl)Br. The zero-order valence-corrected chi connectivity index (χ0v) is 7.20. The molecular weight excluding hydrogens is 276 g/mol. The molecule has 0 aliphatic carbocycles. The number of hydrogen-bond donors (Lipinski definition) is 0. The van der Waals surface area contributed by atoms with Crippen LogP contribution < -0.4 is 0 Å². The molecule has 0 saturated carbocycles. The lowest BCUT2D eigenvalue weighted by Crippen LogP contribution is -2.26. The lowest BCUT2D eigenvalue weighted by molar-refractivity contribution is 0.0479. The lowest BCUT2D eigenvalue weighted by Gasteiger charge is -2.14. The van der Waals surface area contributed by atoms with E-state index in [-0.39, 0.29) is 0 Å². The summed E-state index contributed by atoms with van der Waals surface area (Å²) in [7, 11) is 0. The summed E-state index contributed by atoms with van der Waals surface area (Å²) in [6, 6.07) is 0. The fraction of sp³-hybridized carbons (Fsp3) is 1.00. The van der Waals surface area contributed by atoms with Crippen molar-refractivity contribution in [3.8, 4) is 0 Å². The van der Waals surface area contributed by atoms with Crippen molar-refractivity contribution < 1.29 is 13.2 Å². The van der Waals surface area contributed by atoms with Crippen LogP contribution in [0.25, 0.3) is 0 Å². The molecule has 0 aliphatic heterocycles. The first-order valence-corrected chi connectivity index (χ1v) is 3.35. The second-order valence-electron chi connectivity index (χ2n) is 0.996. The first-order chi connectivity index (χ1) is 3.25. The molecule has 6 heteroatoms. The third-order valence-electron chi connectivity index (χ3n) is 0.321. The van der Waals surface area contributed by atoms with Crippen LogP contribution in [0.15, 0.2) is 0 Å². The largest absolute Gasteiger partial charge is 0.358 e. The maximum absolute atomic E-state index is 11.8. The molecule has 0 rings (SSSR count). The molecule has 0 fully saturated rings. The van der Waals surface area contributed by atoms with Crippen molar-refractivity contribution in [3.05, 3.63) is 0 Å². The molecule has 0 aromatic heterocycles. The monoisotopic (exact) mass is 274 g/mol. The molecule has 0 aliphatic rings. The zero-order chi connectivity index (χ0) is 7.00. The van der Waals surface area contributed by atoms with E-state index in [0.29, 0.717) is 0 Å². The van der Waals surface area contributed by atoms with Crippen LogP contribution in [-0.2, 0) is 0 Å². The van der Waals surface area contributed by atoms with Crippen molar-refractivity contribution in [3.63, 3.8) is 0 Å².